The molecule has 0 aliphatic carbocycles. The molecule has 0 radical (unpaired) electrons. The maximum absolute atomic E-state index is 6.21. The molecule has 5 heteroatoms. The zero-order chi connectivity index (χ0) is 13.3. The summed E-state index contributed by atoms with van der Waals surface area (Å²) in [4.78, 5) is 9.05. The Bertz CT molecular complexity index is 550. The molecule has 0 aliphatic heterocycles. The van der Waals surface area contributed by atoms with Crippen molar-refractivity contribution in [3.63, 3.8) is 0 Å². The van der Waals surface area contributed by atoms with Crippen molar-refractivity contribution in [2.24, 2.45) is 0 Å². The first kappa shape index (κ1) is 13.1. The van der Waals surface area contributed by atoms with Crippen molar-refractivity contribution in [2.75, 3.05) is 7.11 Å². The molecule has 0 bridgehead atoms. The number of imidazole rings is 1. The van der Waals surface area contributed by atoms with Crippen LogP contribution in [0, 0.1) is 0 Å². The second-order valence-corrected chi connectivity index (χ2v) is 5.06. The van der Waals surface area contributed by atoms with Gasteiger partial charge in [-0.1, -0.05) is 6.92 Å². The smallest absolute Gasteiger partial charge is 0.215 e. The highest BCUT2D eigenvalue weighted by Crippen LogP contribution is 2.29. The predicted molar refractivity (Wildman–Crippen MR) is 73.4 cm³/mol. The van der Waals surface area contributed by atoms with Gasteiger partial charge in [-0.15, -0.1) is 11.6 Å². The maximum Gasteiger partial charge on any atom is 0.215 e. The van der Waals surface area contributed by atoms with Gasteiger partial charge in [0.15, 0.2) is 5.65 Å². The van der Waals surface area contributed by atoms with Crippen molar-refractivity contribution in [1.82, 2.24) is 14.5 Å². The molecule has 2 unspecified atom stereocenters. The van der Waals surface area contributed by atoms with E-state index < -0.39 is 0 Å². The normalized spacial score (nSPS) is 14.7. The van der Waals surface area contributed by atoms with E-state index in [1.165, 1.54) is 0 Å². The van der Waals surface area contributed by atoms with E-state index in [1.54, 1.807) is 7.11 Å². The van der Waals surface area contributed by atoms with E-state index in [0.717, 1.165) is 23.4 Å². The molecule has 0 saturated carbocycles. The molecule has 0 amide bonds. The van der Waals surface area contributed by atoms with E-state index in [2.05, 4.69) is 28.4 Å². The monoisotopic (exact) mass is 267 g/mol. The van der Waals surface area contributed by atoms with Crippen molar-refractivity contribution in [2.45, 2.75) is 38.6 Å². The van der Waals surface area contributed by atoms with Gasteiger partial charge in [-0.25, -0.2) is 4.98 Å². The minimum absolute atomic E-state index is 0.140. The number of ether oxygens (including phenoxy) is 1. The Balaban J connectivity index is 2.70. The minimum atomic E-state index is -0.140. The van der Waals surface area contributed by atoms with Crippen LogP contribution in [0.2, 0.25) is 0 Å². The second-order valence-electron chi connectivity index (χ2n) is 4.41. The third-order valence-electron chi connectivity index (χ3n) is 3.14. The van der Waals surface area contributed by atoms with Gasteiger partial charge >= 0.3 is 0 Å². The van der Waals surface area contributed by atoms with E-state index in [1.807, 2.05) is 19.1 Å². The Morgan fingerprint density at radius 3 is 2.61 bits per heavy atom. The van der Waals surface area contributed by atoms with E-state index in [-0.39, 0.29) is 5.38 Å². The van der Waals surface area contributed by atoms with Crippen LogP contribution in [0.5, 0.6) is 5.88 Å². The van der Waals surface area contributed by atoms with Gasteiger partial charge in [-0.05, 0) is 26.3 Å². The quantitative estimate of drug-likeness (QED) is 0.793. The highest BCUT2D eigenvalue weighted by Gasteiger charge is 2.19. The molecule has 0 saturated heterocycles. The standard InChI is InChI=1S/C13H18ClN3O/c1-5-8(2)17-12(9(3)14)15-10-6-7-11(18-4)16-13(10)17/h6-9H,5H2,1-4H3. The fourth-order valence-electron chi connectivity index (χ4n) is 1.99. The first-order chi connectivity index (χ1) is 8.58. The maximum atomic E-state index is 6.21. The lowest BCUT2D eigenvalue weighted by Crippen LogP contribution is -2.09. The summed E-state index contributed by atoms with van der Waals surface area (Å²) in [6.07, 6.45) is 1.00. The van der Waals surface area contributed by atoms with Gasteiger partial charge in [0.2, 0.25) is 5.88 Å². The number of hydrogen-bond donors (Lipinski definition) is 0. The molecule has 98 valence electrons. The van der Waals surface area contributed by atoms with Crippen LogP contribution in [0.3, 0.4) is 0 Å². The highest BCUT2D eigenvalue weighted by molar-refractivity contribution is 6.20. The number of fused-ring (bicyclic) bond motifs is 1. The Kier molecular flexibility index (Phi) is 3.76. The summed E-state index contributed by atoms with van der Waals surface area (Å²) in [6.45, 7) is 6.21. The largest absolute Gasteiger partial charge is 0.481 e. The number of rotatable bonds is 4. The SMILES string of the molecule is CCC(C)n1c(C(C)Cl)nc2ccc(OC)nc21. The molecular weight excluding hydrogens is 250 g/mol. The average molecular weight is 268 g/mol. The number of hydrogen-bond acceptors (Lipinski definition) is 3. The van der Waals surface area contributed by atoms with Crippen LogP contribution in [-0.2, 0) is 0 Å². The molecule has 0 aromatic carbocycles. The van der Waals surface area contributed by atoms with Crippen molar-refractivity contribution in [1.29, 1.82) is 0 Å². The van der Waals surface area contributed by atoms with Crippen LogP contribution in [0.1, 0.15) is 44.4 Å². The van der Waals surface area contributed by atoms with E-state index in [0.29, 0.717) is 11.9 Å². The summed E-state index contributed by atoms with van der Waals surface area (Å²) in [6, 6.07) is 4.05. The Morgan fingerprint density at radius 2 is 2.06 bits per heavy atom. The van der Waals surface area contributed by atoms with E-state index in [9.17, 15) is 0 Å². The molecule has 2 rings (SSSR count). The highest BCUT2D eigenvalue weighted by atomic mass is 35.5. The number of aromatic nitrogens is 3. The second kappa shape index (κ2) is 5.14. The van der Waals surface area contributed by atoms with Crippen molar-refractivity contribution >= 4 is 22.8 Å². The lowest BCUT2D eigenvalue weighted by atomic mass is 10.2. The fourth-order valence-corrected chi connectivity index (χ4v) is 2.14. The molecule has 2 aromatic heterocycles. The third kappa shape index (κ3) is 2.17. The molecule has 4 nitrogen and oxygen atoms in total. The Morgan fingerprint density at radius 1 is 1.33 bits per heavy atom. The lowest BCUT2D eigenvalue weighted by molar-refractivity contribution is 0.398. The van der Waals surface area contributed by atoms with Crippen molar-refractivity contribution in [3.8, 4) is 5.88 Å². The minimum Gasteiger partial charge on any atom is -0.481 e. The van der Waals surface area contributed by atoms with Gasteiger partial charge in [-0.2, -0.15) is 4.98 Å². The molecular formula is C13H18ClN3O. The van der Waals surface area contributed by atoms with Gasteiger partial charge in [-0.3, -0.25) is 0 Å². The molecule has 2 aromatic rings. The van der Waals surface area contributed by atoms with Gasteiger partial charge < -0.3 is 9.30 Å². The number of halogens is 1. The average Bonchev–Trinajstić information content (AvgIpc) is 2.76. The van der Waals surface area contributed by atoms with Crippen LogP contribution < -0.4 is 4.74 Å². The van der Waals surface area contributed by atoms with Gasteiger partial charge in [0.1, 0.15) is 11.3 Å². The summed E-state index contributed by atoms with van der Waals surface area (Å²) < 4.78 is 7.28. The first-order valence-electron chi connectivity index (χ1n) is 6.15. The third-order valence-corrected chi connectivity index (χ3v) is 3.33. The fraction of sp³-hybridized carbons (Fsp3) is 0.538. The van der Waals surface area contributed by atoms with Crippen LogP contribution in [-0.4, -0.2) is 21.6 Å². The van der Waals surface area contributed by atoms with E-state index >= 15 is 0 Å². The number of methoxy groups -OCH3 is 1. The Labute approximate surface area is 112 Å². The molecule has 0 spiro atoms. The summed E-state index contributed by atoms with van der Waals surface area (Å²) in [5, 5.41) is -0.140. The molecule has 0 N–H and O–H groups in total. The van der Waals surface area contributed by atoms with Gasteiger partial charge in [0.05, 0.1) is 12.5 Å². The van der Waals surface area contributed by atoms with Crippen LogP contribution >= 0.6 is 11.6 Å². The van der Waals surface area contributed by atoms with Crippen molar-refractivity contribution < 1.29 is 4.74 Å². The summed E-state index contributed by atoms with van der Waals surface area (Å²) in [7, 11) is 1.61. The van der Waals surface area contributed by atoms with Crippen LogP contribution in [0.4, 0.5) is 0 Å². The van der Waals surface area contributed by atoms with Crippen LogP contribution in [0.25, 0.3) is 11.2 Å². The zero-order valence-corrected chi connectivity index (χ0v) is 11.9. The first-order valence-corrected chi connectivity index (χ1v) is 6.59. The summed E-state index contributed by atoms with van der Waals surface area (Å²) in [5.74, 6) is 1.46. The molecule has 0 fully saturated rings. The van der Waals surface area contributed by atoms with E-state index in [4.69, 9.17) is 16.3 Å². The molecule has 2 heterocycles. The molecule has 0 aliphatic rings. The number of nitrogens with zero attached hydrogens (tertiary/aromatic N) is 3. The lowest BCUT2D eigenvalue weighted by Gasteiger charge is -2.16. The zero-order valence-electron chi connectivity index (χ0n) is 11.1. The van der Waals surface area contributed by atoms with Gasteiger partial charge in [0, 0.05) is 12.1 Å². The van der Waals surface area contributed by atoms with Crippen molar-refractivity contribution in [3.05, 3.63) is 18.0 Å². The topological polar surface area (TPSA) is 39.9 Å². The van der Waals surface area contributed by atoms with Crippen LogP contribution in [0.15, 0.2) is 12.1 Å². The predicted octanol–water partition coefficient (Wildman–Crippen LogP) is 3.71. The Hall–Kier alpha value is -1.29. The molecule has 18 heavy (non-hydrogen) atoms. The van der Waals surface area contributed by atoms with Gasteiger partial charge in [0.25, 0.3) is 0 Å². The summed E-state index contributed by atoms with van der Waals surface area (Å²) in [5.41, 5.74) is 1.70. The summed E-state index contributed by atoms with van der Waals surface area (Å²) >= 11 is 6.21. The molecule has 2 atom stereocenters. The number of alkyl halides is 1. The number of pyridine rings is 1.